The van der Waals surface area contributed by atoms with Crippen LogP contribution in [0.1, 0.15) is 11.6 Å². The van der Waals surface area contributed by atoms with Gasteiger partial charge in [-0.3, -0.25) is 9.69 Å². The molecule has 1 heterocycles. The van der Waals surface area contributed by atoms with Crippen molar-refractivity contribution < 1.29 is 18.3 Å². The number of aliphatic hydroxyl groups excluding tert-OH is 1. The van der Waals surface area contributed by atoms with E-state index in [2.05, 4.69) is 15.9 Å². The number of sulfone groups is 1. The van der Waals surface area contributed by atoms with Gasteiger partial charge in [0.2, 0.25) is 9.84 Å². The maximum Gasteiger partial charge on any atom is 0.295 e. The molecule has 1 aliphatic heterocycles. The minimum absolute atomic E-state index is 0.00373. The molecule has 152 valence electrons. The normalized spacial score (nSPS) is 16.9. The smallest absolute Gasteiger partial charge is 0.295 e. The molecule has 0 radical (unpaired) electrons. The molecule has 3 aromatic rings. The lowest BCUT2D eigenvalue weighted by Gasteiger charge is -2.27. The van der Waals surface area contributed by atoms with Crippen molar-refractivity contribution in [2.75, 3.05) is 4.90 Å². The van der Waals surface area contributed by atoms with Gasteiger partial charge in [0.25, 0.3) is 5.91 Å². The van der Waals surface area contributed by atoms with Crippen LogP contribution in [0.25, 0.3) is 0 Å². The van der Waals surface area contributed by atoms with Crippen molar-refractivity contribution in [3.63, 3.8) is 0 Å². The number of carbonyl (C=O) groups is 1. The van der Waals surface area contributed by atoms with E-state index in [1.165, 1.54) is 17.0 Å². The molecule has 4 rings (SSSR count). The topological polar surface area (TPSA) is 74.7 Å². The van der Waals surface area contributed by atoms with Gasteiger partial charge in [-0.1, -0.05) is 57.9 Å². The maximum atomic E-state index is 13.4. The molecule has 0 saturated heterocycles. The van der Waals surface area contributed by atoms with Crippen molar-refractivity contribution in [2.24, 2.45) is 0 Å². The summed E-state index contributed by atoms with van der Waals surface area (Å²) in [6.45, 7) is 0. The zero-order chi connectivity index (χ0) is 21.5. The molecule has 5 nitrogen and oxygen atoms in total. The summed E-state index contributed by atoms with van der Waals surface area (Å²) in [6.07, 6.45) is 0. The largest absolute Gasteiger partial charge is 0.502 e. The predicted molar refractivity (Wildman–Crippen MR) is 119 cm³/mol. The molecule has 8 heteroatoms. The first kappa shape index (κ1) is 20.7. The minimum atomic E-state index is -4.15. The van der Waals surface area contributed by atoms with E-state index >= 15 is 0 Å². The third-order valence-corrected chi connectivity index (χ3v) is 7.46. The molecule has 3 aromatic carbocycles. The Hall–Kier alpha value is -2.61. The van der Waals surface area contributed by atoms with Gasteiger partial charge in [0, 0.05) is 15.2 Å². The van der Waals surface area contributed by atoms with Gasteiger partial charge >= 0.3 is 0 Å². The third-order valence-electron chi connectivity index (χ3n) is 4.79. The number of hydrogen-bond acceptors (Lipinski definition) is 4. The Morgan fingerprint density at radius 1 is 0.900 bits per heavy atom. The SMILES string of the molecule is O=C1C(O)=C(S(=O)(=O)c2ccccc2)[C@@H](c2ccc(Cl)cc2)N1c1ccc(Br)cc1. The van der Waals surface area contributed by atoms with E-state index in [1.807, 2.05) is 0 Å². The molecule has 0 aliphatic carbocycles. The molecular weight excluding hydrogens is 490 g/mol. The van der Waals surface area contributed by atoms with Crippen molar-refractivity contribution in [1.82, 2.24) is 0 Å². The van der Waals surface area contributed by atoms with Crippen LogP contribution in [-0.4, -0.2) is 19.4 Å². The molecule has 1 amide bonds. The standard InChI is InChI=1S/C22H15BrClNO4S/c23-15-8-12-17(13-9-15)25-19(14-6-10-16(24)11-7-14)21(20(26)22(25)27)30(28,29)18-4-2-1-3-5-18/h1-13,19,26H/t19-/m1/s1. The first-order chi connectivity index (χ1) is 14.3. The van der Waals surface area contributed by atoms with Crippen LogP contribution >= 0.6 is 27.5 Å². The lowest BCUT2D eigenvalue weighted by molar-refractivity contribution is -0.117. The number of carbonyl (C=O) groups excluding carboxylic acids is 1. The van der Waals surface area contributed by atoms with Crippen molar-refractivity contribution in [3.8, 4) is 0 Å². The van der Waals surface area contributed by atoms with Crippen LogP contribution in [0, 0.1) is 0 Å². The highest BCUT2D eigenvalue weighted by molar-refractivity contribution is 9.10. The van der Waals surface area contributed by atoms with E-state index < -0.39 is 27.5 Å². The fourth-order valence-electron chi connectivity index (χ4n) is 3.40. The van der Waals surface area contributed by atoms with Crippen LogP contribution in [0.2, 0.25) is 5.02 Å². The lowest BCUT2D eigenvalue weighted by atomic mass is 10.1. The van der Waals surface area contributed by atoms with Gasteiger partial charge in [-0.05, 0) is 54.1 Å². The molecule has 0 fully saturated rings. The average molecular weight is 505 g/mol. The van der Waals surface area contributed by atoms with E-state index in [9.17, 15) is 18.3 Å². The second-order valence-electron chi connectivity index (χ2n) is 6.64. The van der Waals surface area contributed by atoms with E-state index in [0.29, 0.717) is 16.3 Å². The monoisotopic (exact) mass is 503 g/mol. The highest BCUT2D eigenvalue weighted by atomic mass is 79.9. The Kier molecular flexibility index (Phi) is 5.44. The quantitative estimate of drug-likeness (QED) is 0.514. The second-order valence-corrected chi connectivity index (χ2v) is 9.91. The van der Waals surface area contributed by atoms with E-state index in [1.54, 1.807) is 66.7 Å². The molecular formula is C22H15BrClNO4S. The van der Waals surface area contributed by atoms with E-state index in [0.717, 1.165) is 4.47 Å². The van der Waals surface area contributed by atoms with Gasteiger partial charge in [-0.15, -0.1) is 0 Å². The van der Waals surface area contributed by atoms with Gasteiger partial charge in [-0.2, -0.15) is 0 Å². The molecule has 0 unspecified atom stereocenters. The summed E-state index contributed by atoms with van der Waals surface area (Å²) in [5, 5.41) is 11.2. The Morgan fingerprint density at radius 2 is 1.50 bits per heavy atom. The van der Waals surface area contributed by atoms with Gasteiger partial charge < -0.3 is 5.11 Å². The number of hydrogen-bond donors (Lipinski definition) is 1. The highest BCUT2D eigenvalue weighted by Gasteiger charge is 2.47. The van der Waals surface area contributed by atoms with Gasteiger partial charge in [-0.25, -0.2) is 8.42 Å². The van der Waals surface area contributed by atoms with E-state index in [-0.39, 0.29) is 9.80 Å². The molecule has 30 heavy (non-hydrogen) atoms. The number of benzene rings is 3. The summed E-state index contributed by atoms with van der Waals surface area (Å²) in [7, 11) is -4.15. The summed E-state index contributed by atoms with van der Waals surface area (Å²) >= 11 is 9.35. The first-order valence-electron chi connectivity index (χ1n) is 8.88. The highest BCUT2D eigenvalue weighted by Crippen LogP contribution is 2.45. The number of amides is 1. The summed E-state index contributed by atoms with van der Waals surface area (Å²) in [5.74, 6) is -1.58. The van der Waals surface area contributed by atoms with Crippen molar-refractivity contribution in [1.29, 1.82) is 0 Å². The molecule has 0 spiro atoms. The van der Waals surface area contributed by atoms with Crippen molar-refractivity contribution >= 4 is 49.0 Å². The lowest BCUT2D eigenvalue weighted by Crippen LogP contribution is -2.31. The predicted octanol–water partition coefficient (Wildman–Crippen LogP) is 5.43. The zero-order valence-corrected chi connectivity index (χ0v) is 18.5. The number of halogens is 2. The fraction of sp³-hybridized carbons (Fsp3) is 0.0455. The molecule has 0 aromatic heterocycles. The first-order valence-corrected chi connectivity index (χ1v) is 11.5. The van der Waals surface area contributed by atoms with E-state index in [4.69, 9.17) is 11.6 Å². The Balaban J connectivity index is 1.94. The van der Waals surface area contributed by atoms with Crippen LogP contribution in [0.3, 0.4) is 0 Å². The summed E-state index contributed by atoms with van der Waals surface area (Å²) in [4.78, 5) is 14.0. The minimum Gasteiger partial charge on any atom is -0.502 e. The Morgan fingerprint density at radius 3 is 2.10 bits per heavy atom. The van der Waals surface area contributed by atoms with Crippen molar-refractivity contribution in [2.45, 2.75) is 10.9 Å². The van der Waals surface area contributed by atoms with Crippen LogP contribution in [0.15, 0.2) is 98.9 Å². The fourth-order valence-corrected chi connectivity index (χ4v) is 5.43. The molecule has 0 bridgehead atoms. The molecule has 1 atom stereocenters. The van der Waals surface area contributed by atoms with Gasteiger partial charge in [0.05, 0.1) is 4.90 Å². The number of rotatable bonds is 4. The number of aliphatic hydroxyl groups is 1. The molecule has 1 N–H and O–H groups in total. The zero-order valence-electron chi connectivity index (χ0n) is 15.4. The Labute approximate surface area is 187 Å². The summed E-state index contributed by atoms with van der Waals surface area (Å²) < 4.78 is 27.7. The average Bonchev–Trinajstić information content (AvgIpc) is 3.01. The van der Waals surface area contributed by atoms with Gasteiger partial charge in [0.15, 0.2) is 5.76 Å². The second kappa shape index (κ2) is 7.91. The Bertz CT molecular complexity index is 1240. The van der Waals surface area contributed by atoms with Crippen LogP contribution in [0.5, 0.6) is 0 Å². The van der Waals surface area contributed by atoms with Gasteiger partial charge in [0.1, 0.15) is 10.9 Å². The summed E-state index contributed by atoms with van der Waals surface area (Å²) in [5.41, 5.74) is 0.960. The van der Waals surface area contributed by atoms with Crippen LogP contribution < -0.4 is 4.90 Å². The maximum absolute atomic E-state index is 13.4. The molecule has 1 aliphatic rings. The number of nitrogens with zero attached hydrogens (tertiary/aromatic N) is 1. The third kappa shape index (κ3) is 3.53. The summed E-state index contributed by atoms with van der Waals surface area (Å²) in [6, 6.07) is 20.0. The number of anilines is 1. The van der Waals surface area contributed by atoms with Crippen LogP contribution in [0.4, 0.5) is 5.69 Å². The van der Waals surface area contributed by atoms with Crippen LogP contribution in [-0.2, 0) is 14.6 Å². The molecule has 0 saturated carbocycles. The van der Waals surface area contributed by atoms with Crippen molar-refractivity contribution in [3.05, 3.63) is 105 Å².